The second-order valence-electron chi connectivity index (χ2n) is 9.35. The first-order valence-corrected chi connectivity index (χ1v) is 11.3. The lowest BCUT2D eigenvalue weighted by Crippen LogP contribution is -2.34. The van der Waals surface area contributed by atoms with Crippen molar-refractivity contribution in [2.24, 2.45) is 5.92 Å². The van der Waals surface area contributed by atoms with Gasteiger partial charge in [0.25, 0.3) is 0 Å². The van der Waals surface area contributed by atoms with Crippen LogP contribution in [0.2, 0.25) is 0 Å². The summed E-state index contributed by atoms with van der Waals surface area (Å²) in [5, 5.41) is 0. The molecule has 1 aromatic carbocycles. The smallest absolute Gasteiger partial charge is 0.0196 e. The Balaban J connectivity index is 1.54. The van der Waals surface area contributed by atoms with Gasteiger partial charge in [0.15, 0.2) is 0 Å². The zero-order chi connectivity index (χ0) is 20.1. The van der Waals surface area contributed by atoms with Crippen molar-refractivity contribution in [2.75, 3.05) is 19.6 Å². The largest absolute Gasteiger partial charge is 0.299 e. The summed E-state index contributed by atoms with van der Waals surface area (Å²) in [7, 11) is 0. The highest BCUT2D eigenvalue weighted by Gasteiger charge is 2.22. The summed E-state index contributed by atoms with van der Waals surface area (Å²) in [5.74, 6) is 1.50. The third-order valence-electron chi connectivity index (χ3n) is 6.45. The van der Waals surface area contributed by atoms with E-state index in [1.54, 1.807) is 16.7 Å². The number of hydrogen-bond acceptors (Lipinski definition) is 1. The van der Waals surface area contributed by atoms with Crippen molar-refractivity contribution >= 4 is 5.57 Å². The van der Waals surface area contributed by atoms with Gasteiger partial charge in [-0.15, -0.1) is 0 Å². The quantitative estimate of drug-likeness (QED) is 0.487. The maximum atomic E-state index is 4.14. The van der Waals surface area contributed by atoms with Crippen molar-refractivity contribution in [2.45, 2.75) is 72.1 Å². The average molecular weight is 378 g/mol. The molecule has 1 heterocycles. The lowest BCUT2D eigenvalue weighted by molar-refractivity contribution is 0.226. The summed E-state index contributed by atoms with van der Waals surface area (Å²) >= 11 is 0. The van der Waals surface area contributed by atoms with Crippen molar-refractivity contribution in [1.82, 2.24) is 4.90 Å². The molecule has 1 fully saturated rings. The van der Waals surface area contributed by atoms with Gasteiger partial charge in [-0.3, -0.25) is 4.90 Å². The number of piperidine rings is 1. The van der Waals surface area contributed by atoms with Crippen molar-refractivity contribution in [1.29, 1.82) is 0 Å². The molecular weight excluding hydrogens is 338 g/mol. The maximum Gasteiger partial charge on any atom is 0.0196 e. The molecule has 0 unspecified atom stereocenters. The molecule has 0 amide bonds. The van der Waals surface area contributed by atoms with Gasteiger partial charge < -0.3 is 0 Å². The number of benzene rings is 1. The minimum absolute atomic E-state index is 0.721. The van der Waals surface area contributed by atoms with E-state index in [1.807, 2.05) is 0 Å². The van der Waals surface area contributed by atoms with Crippen LogP contribution in [0.15, 0.2) is 48.1 Å². The molecule has 152 valence electrons. The summed E-state index contributed by atoms with van der Waals surface area (Å²) in [6.07, 6.45) is 12.3. The summed E-state index contributed by atoms with van der Waals surface area (Å²) < 4.78 is 0. The lowest BCUT2D eigenvalue weighted by atomic mass is 9.86. The van der Waals surface area contributed by atoms with Crippen LogP contribution in [0, 0.1) is 5.92 Å². The van der Waals surface area contributed by atoms with E-state index in [0.29, 0.717) is 0 Å². The second kappa shape index (κ2) is 9.74. The van der Waals surface area contributed by atoms with Crippen LogP contribution in [-0.2, 0) is 6.42 Å². The van der Waals surface area contributed by atoms with Gasteiger partial charge in [0.05, 0.1) is 0 Å². The molecule has 0 bridgehead atoms. The minimum atomic E-state index is 0.721. The van der Waals surface area contributed by atoms with E-state index in [4.69, 9.17) is 0 Å². The van der Waals surface area contributed by atoms with Crippen molar-refractivity contribution in [3.05, 3.63) is 64.8 Å². The van der Waals surface area contributed by atoms with E-state index >= 15 is 0 Å². The van der Waals surface area contributed by atoms with Crippen LogP contribution < -0.4 is 0 Å². The van der Waals surface area contributed by atoms with Crippen LogP contribution in [-0.4, -0.2) is 24.5 Å². The van der Waals surface area contributed by atoms with Crippen LogP contribution in [0.25, 0.3) is 5.57 Å². The molecule has 1 heteroatoms. The van der Waals surface area contributed by atoms with Crippen LogP contribution >= 0.6 is 0 Å². The molecule has 3 rings (SSSR count). The first kappa shape index (κ1) is 21.1. The fraction of sp³-hybridized carbons (Fsp3) is 0.556. The summed E-state index contributed by atoms with van der Waals surface area (Å²) in [6, 6.07) is 7.11. The first-order chi connectivity index (χ1) is 13.5. The SMILES string of the molecule is C=C(C)c1ccc(C2CCN(CC3=CC=C(CC(C)C)CC3)CC2)cc1CC. The maximum absolute atomic E-state index is 4.14. The normalized spacial score (nSPS) is 18.9. The van der Waals surface area contributed by atoms with Gasteiger partial charge in [-0.25, -0.2) is 0 Å². The number of likely N-dealkylation sites (tertiary alicyclic amines) is 1. The Morgan fingerprint density at radius 2 is 1.79 bits per heavy atom. The number of allylic oxidation sites excluding steroid dienone is 4. The van der Waals surface area contributed by atoms with E-state index in [2.05, 4.69) is 69.5 Å². The molecule has 1 aromatic rings. The third kappa shape index (κ3) is 5.47. The molecule has 1 saturated heterocycles. The van der Waals surface area contributed by atoms with Crippen molar-refractivity contribution < 1.29 is 0 Å². The standard InChI is InChI=1S/C27H39N/c1-6-24-18-26(11-12-27(24)21(4)5)25-13-15-28(16-14-25)19-23-9-7-22(8-10-23)17-20(2)3/h7,9,11-12,18,20,25H,4,6,8,10,13-17,19H2,1-3,5H3. The number of hydrogen-bond donors (Lipinski definition) is 0. The highest BCUT2D eigenvalue weighted by molar-refractivity contribution is 5.65. The molecule has 0 aromatic heterocycles. The van der Waals surface area contributed by atoms with Gasteiger partial charge in [-0.1, -0.05) is 74.4 Å². The van der Waals surface area contributed by atoms with E-state index in [-0.39, 0.29) is 0 Å². The topological polar surface area (TPSA) is 3.24 Å². The lowest BCUT2D eigenvalue weighted by Gasteiger charge is -2.33. The molecule has 1 aliphatic carbocycles. The van der Waals surface area contributed by atoms with Gasteiger partial charge in [-0.2, -0.15) is 0 Å². The zero-order valence-electron chi connectivity index (χ0n) is 18.6. The molecular formula is C27H39N. The fourth-order valence-electron chi connectivity index (χ4n) is 4.84. The Morgan fingerprint density at radius 3 is 2.36 bits per heavy atom. The number of nitrogens with zero attached hydrogens (tertiary/aromatic N) is 1. The van der Waals surface area contributed by atoms with E-state index in [9.17, 15) is 0 Å². The van der Waals surface area contributed by atoms with Crippen LogP contribution in [0.1, 0.15) is 82.4 Å². The van der Waals surface area contributed by atoms with Crippen LogP contribution in [0.5, 0.6) is 0 Å². The molecule has 2 aliphatic rings. The fourth-order valence-corrected chi connectivity index (χ4v) is 4.84. The molecule has 0 saturated carbocycles. The number of aryl methyl sites for hydroxylation is 1. The highest BCUT2D eigenvalue weighted by atomic mass is 15.1. The summed E-state index contributed by atoms with van der Waals surface area (Å²) in [6.45, 7) is 16.8. The Bertz CT molecular complexity index is 742. The van der Waals surface area contributed by atoms with Gasteiger partial charge >= 0.3 is 0 Å². The molecule has 0 atom stereocenters. The molecule has 0 radical (unpaired) electrons. The monoisotopic (exact) mass is 377 g/mol. The Hall–Kier alpha value is -1.60. The molecule has 28 heavy (non-hydrogen) atoms. The Labute approximate surface area is 173 Å². The van der Waals surface area contributed by atoms with Gasteiger partial charge in [0.2, 0.25) is 0 Å². The van der Waals surface area contributed by atoms with Crippen molar-refractivity contribution in [3.63, 3.8) is 0 Å². The minimum Gasteiger partial charge on any atom is -0.299 e. The second-order valence-corrected chi connectivity index (χ2v) is 9.35. The zero-order valence-corrected chi connectivity index (χ0v) is 18.6. The summed E-state index contributed by atoms with van der Waals surface area (Å²) in [5.41, 5.74) is 8.80. The van der Waals surface area contributed by atoms with Crippen LogP contribution in [0.4, 0.5) is 0 Å². The first-order valence-electron chi connectivity index (χ1n) is 11.3. The van der Waals surface area contributed by atoms with Gasteiger partial charge in [-0.05, 0) is 87.1 Å². The Kier molecular flexibility index (Phi) is 7.35. The molecule has 0 N–H and O–H groups in total. The molecule has 1 nitrogen and oxygen atoms in total. The van der Waals surface area contributed by atoms with E-state index in [0.717, 1.165) is 18.3 Å². The van der Waals surface area contributed by atoms with E-state index in [1.165, 1.54) is 68.4 Å². The van der Waals surface area contributed by atoms with Gasteiger partial charge in [0, 0.05) is 6.54 Å². The third-order valence-corrected chi connectivity index (χ3v) is 6.45. The predicted molar refractivity (Wildman–Crippen MR) is 124 cm³/mol. The number of rotatable bonds is 7. The van der Waals surface area contributed by atoms with Gasteiger partial charge in [0.1, 0.15) is 0 Å². The van der Waals surface area contributed by atoms with Crippen molar-refractivity contribution in [3.8, 4) is 0 Å². The van der Waals surface area contributed by atoms with Crippen LogP contribution in [0.3, 0.4) is 0 Å². The predicted octanol–water partition coefficient (Wildman–Crippen LogP) is 7.15. The molecule has 1 aliphatic heterocycles. The summed E-state index contributed by atoms with van der Waals surface area (Å²) in [4.78, 5) is 2.67. The molecule has 0 spiro atoms. The van der Waals surface area contributed by atoms with E-state index < -0.39 is 0 Å². The Morgan fingerprint density at radius 1 is 1.11 bits per heavy atom. The average Bonchev–Trinajstić information content (AvgIpc) is 2.69. The highest BCUT2D eigenvalue weighted by Crippen LogP contribution is 2.32.